The standard InChI is InChI=1S/C16H12Br2N2O4S/c1-24-16(21)14-12-7-10(18)9-19-15(12)20(13(14)8-17)25(22,23)11-5-3-2-4-6-11/h2-7,9H,8H2,1H3. The highest BCUT2D eigenvalue weighted by Crippen LogP contribution is 2.32. The van der Waals surface area contributed by atoms with E-state index in [1.807, 2.05) is 0 Å². The van der Waals surface area contributed by atoms with Gasteiger partial charge < -0.3 is 4.74 Å². The van der Waals surface area contributed by atoms with Gasteiger partial charge in [-0.1, -0.05) is 34.1 Å². The molecule has 0 N–H and O–H groups in total. The van der Waals surface area contributed by atoms with Crippen LogP contribution in [0.25, 0.3) is 11.0 Å². The molecule has 0 fully saturated rings. The Hall–Kier alpha value is -1.71. The largest absolute Gasteiger partial charge is 0.465 e. The molecule has 2 aromatic heterocycles. The first-order chi connectivity index (χ1) is 11.9. The van der Waals surface area contributed by atoms with Gasteiger partial charge in [-0.2, -0.15) is 0 Å². The van der Waals surface area contributed by atoms with Crippen molar-refractivity contribution in [2.75, 3.05) is 7.11 Å². The zero-order chi connectivity index (χ0) is 18.2. The second kappa shape index (κ2) is 6.89. The van der Waals surface area contributed by atoms with Crippen molar-refractivity contribution in [2.45, 2.75) is 10.2 Å². The third-order valence-corrected chi connectivity index (χ3v) is 6.33. The van der Waals surface area contributed by atoms with Gasteiger partial charge in [0.25, 0.3) is 10.0 Å². The fraction of sp³-hybridized carbons (Fsp3) is 0.125. The third-order valence-electron chi connectivity index (χ3n) is 3.63. The minimum atomic E-state index is -3.94. The second-order valence-corrected chi connectivity index (χ2v) is 8.32. The highest BCUT2D eigenvalue weighted by Gasteiger charge is 2.30. The summed E-state index contributed by atoms with van der Waals surface area (Å²) in [5.74, 6) is -0.624. The van der Waals surface area contributed by atoms with Crippen molar-refractivity contribution >= 4 is 58.9 Å². The summed E-state index contributed by atoms with van der Waals surface area (Å²) < 4.78 is 32.9. The number of esters is 1. The van der Waals surface area contributed by atoms with Crippen LogP contribution in [0, 0.1) is 0 Å². The van der Waals surface area contributed by atoms with Crippen LogP contribution in [0.3, 0.4) is 0 Å². The SMILES string of the molecule is COC(=O)c1c(CBr)n(S(=O)(=O)c2ccccc2)c2ncc(Br)cc12. The molecule has 130 valence electrons. The molecule has 0 spiro atoms. The van der Waals surface area contributed by atoms with Crippen molar-refractivity contribution in [1.82, 2.24) is 8.96 Å². The molecule has 0 saturated heterocycles. The second-order valence-electron chi connectivity index (χ2n) is 5.05. The van der Waals surface area contributed by atoms with Crippen LogP contribution in [-0.2, 0) is 20.1 Å². The smallest absolute Gasteiger partial charge is 0.340 e. The third kappa shape index (κ3) is 3.00. The Labute approximate surface area is 161 Å². The van der Waals surface area contributed by atoms with Crippen molar-refractivity contribution in [3.63, 3.8) is 0 Å². The molecule has 0 bridgehead atoms. The van der Waals surface area contributed by atoms with E-state index in [9.17, 15) is 13.2 Å². The van der Waals surface area contributed by atoms with Crippen molar-refractivity contribution in [3.05, 3.63) is 58.3 Å². The van der Waals surface area contributed by atoms with Gasteiger partial charge >= 0.3 is 5.97 Å². The Morgan fingerprint density at radius 2 is 1.96 bits per heavy atom. The molecule has 3 rings (SSSR count). The molecule has 0 saturated carbocycles. The average Bonchev–Trinajstić information content (AvgIpc) is 2.95. The molecular formula is C16H12Br2N2O4S. The van der Waals surface area contributed by atoms with Crippen LogP contribution in [0.4, 0.5) is 0 Å². The van der Waals surface area contributed by atoms with Crippen LogP contribution in [0.15, 0.2) is 52.0 Å². The Morgan fingerprint density at radius 3 is 2.56 bits per heavy atom. The summed E-state index contributed by atoms with van der Waals surface area (Å²) in [5.41, 5.74) is 0.598. The number of ether oxygens (including phenoxy) is 1. The lowest BCUT2D eigenvalue weighted by atomic mass is 10.2. The van der Waals surface area contributed by atoms with Crippen LogP contribution >= 0.6 is 31.9 Å². The molecule has 0 atom stereocenters. The van der Waals surface area contributed by atoms with Gasteiger partial charge in [-0.25, -0.2) is 22.2 Å². The van der Waals surface area contributed by atoms with E-state index >= 15 is 0 Å². The van der Waals surface area contributed by atoms with Crippen molar-refractivity contribution < 1.29 is 17.9 Å². The Balaban J connectivity index is 2.45. The normalized spacial score (nSPS) is 11.6. The first-order valence-electron chi connectivity index (χ1n) is 7.05. The van der Waals surface area contributed by atoms with Crippen LogP contribution in [0.5, 0.6) is 0 Å². The Kier molecular flexibility index (Phi) is 4.99. The number of hydrogen-bond donors (Lipinski definition) is 0. The molecule has 0 aliphatic carbocycles. The number of benzene rings is 1. The predicted octanol–water partition coefficient (Wildman–Crippen LogP) is 3.72. The molecule has 0 aliphatic heterocycles. The Morgan fingerprint density at radius 1 is 1.28 bits per heavy atom. The van der Waals surface area contributed by atoms with Gasteiger partial charge in [0.1, 0.15) is 0 Å². The quantitative estimate of drug-likeness (QED) is 0.414. The number of carbonyl (C=O) groups excluding carboxylic acids is 1. The van der Waals surface area contributed by atoms with Crippen LogP contribution in [-0.4, -0.2) is 30.5 Å². The van der Waals surface area contributed by atoms with Crippen molar-refractivity contribution in [3.8, 4) is 0 Å². The number of halogens is 2. The van der Waals surface area contributed by atoms with Crippen LogP contribution in [0.1, 0.15) is 16.1 Å². The predicted molar refractivity (Wildman–Crippen MR) is 100 cm³/mol. The number of methoxy groups -OCH3 is 1. The number of nitrogens with zero attached hydrogens (tertiary/aromatic N) is 2. The maximum atomic E-state index is 13.2. The van der Waals surface area contributed by atoms with Gasteiger partial charge in [0.15, 0.2) is 5.65 Å². The summed E-state index contributed by atoms with van der Waals surface area (Å²) in [4.78, 5) is 16.6. The number of carbonyl (C=O) groups is 1. The summed E-state index contributed by atoms with van der Waals surface area (Å²) in [6.45, 7) is 0. The van der Waals surface area contributed by atoms with Crippen molar-refractivity contribution in [2.24, 2.45) is 0 Å². The molecule has 25 heavy (non-hydrogen) atoms. The highest BCUT2D eigenvalue weighted by molar-refractivity contribution is 9.10. The van der Waals surface area contributed by atoms with Crippen LogP contribution < -0.4 is 0 Å². The summed E-state index contributed by atoms with van der Waals surface area (Å²) in [7, 11) is -2.69. The van der Waals surface area contributed by atoms with E-state index in [1.165, 1.54) is 25.4 Å². The van der Waals surface area contributed by atoms with Gasteiger partial charge in [0.2, 0.25) is 0 Å². The molecular weight excluding hydrogens is 476 g/mol. The van der Waals surface area contributed by atoms with Gasteiger partial charge in [-0.05, 0) is 34.1 Å². The average molecular weight is 488 g/mol. The number of rotatable bonds is 4. The minimum absolute atomic E-state index is 0.107. The number of fused-ring (bicyclic) bond motifs is 1. The summed E-state index contributed by atoms with van der Waals surface area (Å²) in [5, 5.41) is 0.535. The minimum Gasteiger partial charge on any atom is -0.465 e. The van der Waals surface area contributed by atoms with Crippen LogP contribution in [0.2, 0.25) is 0 Å². The van der Waals surface area contributed by atoms with Crippen molar-refractivity contribution in [1.29, 1.82) is 0 Å². The maximum absolute atomic E-state index is 13.2. The molecule has 2 heterocycles. The lowest BCUT2D eigenvalue weighted by Gasteiger charge is -2.10. The van der Waals surface area contributed by atoms with E-state index in [0.717, 1.165) is 3.97 Å². The lowest BCUT2D eigenvalue weighted by molar-refractivity contribution is 0.0602. The number of aromatic nitrogens is 2. The van der Waals surface area contributed by atoms with E-state index in [0.29, 0.717) is 9.86 Å². The molecule has 6 nitrogen and oxygen atoms in total. The van der Waals surface area contributed by atoms with Gasteiger partial charge in [-0.3, -0.25) is 0 Å². The number of pyridine rings is 1. The molecule has 9 heteroatoms. The molecule has 0 unspecified atom stereocenters. The summed E-state index contributed by atoms with van der Waals surface area (Å²) in [6.07, 6.45) is 1.48. The molecule has 1 aromatic carbocycles. The first kappa shape index (κ1) is 18.1. The van der Waals surface area contributed by atoms with Gasteiger partial charge in [0.05, 0.1) is 23.3 Å². The topological polar surface area (TPSA) is 78.3 Å². The Bertz CT molecular complexity index is 1060. The fourth-order valence-electron chi connectivity index (χ4n) is 2.57. The van der Waals surface area contributed by atoms with Gasteiger partial charge in [0, 0.05) is 21.4 Å². The van der Waals surface area contributed by atoms with E-state index in [-0.39, 0.29) is 27.1 Å². The molecule has 0 amide bonds. The summed E-state index contributed by atoms with van der Waals surface area (Å²) >= 11 is 6.59. The first-order valence-corrected chi connectivity index (χ1v) is 10.4. The fourth-order valence-corrected chi connectivity index (χ4v) is 5.13. The van der Waals surface area contributed by atoms with E-state index < -0.39 is 16.0 Å². The maximum Gasteiger partial charge on any atom is 0.340 e. The zero-order valence-corrected chi connectivity index (χ0v) is 16.9. The monoisotopic (exact) mass is 486 g/mol. The van der Waals surface area contributed by atoms with E-state index in [2.05, 4.69) is 36.8 Å². The van der Waals surface area contributed by atoms with E-state index in [1.54, 1.807) is 24.3 Å². The molecule has 0 aliphatic rings. The number of alkyl halides is 1. The highest BCUT2D eigenvalue weighted by atomic mass is 79.9. The molecule has 3 aromatic rings. The lowest BCUT2D eigenvalue weighted by Crippen LogP contribution is -2.17. The van der Waals surface area contributed by atoms with E-state index in [4.69, 9.17) is 4.74 Å². The zero-order valence-electron chi connectivity index (χ0n) is 12.9. The molecule has 0 radical (unpaired) electrons. The number of hydrogen-bond acceptors (Lipinski definition) is 5. The van der Waals surface area contributed by atoms with Gasteiger partial charge in [-0.15, -0.1) is 0 Å². The summed E-state index contributed by atoms with van der Waals surface area (Å²) in [6, 6.07) is 9.64.